The number of nitrogens with two attached hydrogens (primary N) is 1. The van der Waals surface area contributed by atoms with Crippen LogP contribution in [0.25, 0.3) is 0 Å². The number of nitrogens with one attached hydrogen (secondary N) is 1. The van der Waals surface area contributed by atoms with Crippen LogP contribution in [0.3, 0.4) is 0 Å². The van der Waals surface area contributed by atoms with Crippen LogP contribution < -0.4 is 11.1 Å². The van der Waals surface area contributed by atoms with Crippen molar-refractivity contribution in [2.75, 3.05) is 23.6 Å². The van der Waals surface area contributed by atoms with Gasteiger partial charge in [-0.25, -0.2) is 9.97 Å². The number of halogens is 1. The highest BCUT2D eigenvalue weighted by Crippen LogP contribution is 2.41. The van der Waals surface area contributed by atoms with Crippen LogP contribution in [0.2, 0.25) is 5.15 Å². The third-order valence-corrected chi connectivity index (χ3v) is 5.68. The first kappa shape index (κ1) is 19.9. The SMILES string of the molecule is CCCSc1nc(Cl)c(N)c(N[C@@H]2C[C@H](OCO)C3OC(C)(C)OC32)n1. The maximum atomic E-state index is 9.15. The number of aliphatic hydroxyl groups is 1. The molecule has 1 aliphatic heterocycles. The van der Waals surface area contributed by atoms with Crippen molar-refractivity contribution in [1.82, 2.24) is 9.97 Å². The van der Waals surface area contributed by atoms with Gasteiger partial charge in [0.2, 0.25) is 0 Å². The van der Waals surface area contributed by atoms with E-state index in [1.54, 1.807) is 0 Å². The molecule has 4 atom stereocenters. The molecule has 0 spiro atoms. The van der Waals surface area contributed by atoms with E-state index in [9.17, 15) is 0 Å². The van der Waals surface area contributed by atoms with Gasteiger partial charge < -0.3 is 30.4 Å². The molecule has 4 N–H and O–H groups in total. The average Bonchev–Trinajstić information content (AvgIpc) is 3.05. The fourth-order valence-corrected chi connectivity index (χ4v) is 4.22. The molecule has 1 saturated heterocycles. The first-order valence-corrected chi connectivity index (χ1v) is 10.0. The second kappa shape index (κ2) is 8.04. The topological polar surface area (TPSA) is 112 Å². The van der Waals surface area contributed by atoms with E-state index in [4.69, 9.17) is 36.7 Å². The van der Waals surface area contributed by atoms with E-state index in [0.29, 0.717) is 23.1 Å². The normalized spacial score (nSPS) is 29.7. The van der Waals surface area contributed by atoms with Crippen LogP contribution in [-0.4, -0.2) is 57.8 Å². The van der Waals surface area contributed by atoms with Gasteiger partial charge in [-0.3, -0.25) is 0 Å². The number of anilines is 2. The number of ether oxygens (including phenoxy) is 3. The van der Waals surface area contributed by atoms with Crippen LogP contribution in [0, 0.1) is 0 Å². The van der Waals surface area contributed by atoms with E-state index in [-0.39, 0.29) is 36.3 Å². The van der Waals surface area contributed by atoms with Gasteiger partial charge in [-0.1, -0.05) is 30.3 Å². The Hall–Kier alpha value is -0.840. The first-order chi connectivity index (χ1) is 12.3. The molecule has 2 heterocycles. The molecule has 26 heavy (non-hydrogen) atoms. The number of nitrogens with zero attached hydrogens (tertiary/aromatic N) is 2. The van der Waals surface area contributed by atoms with Gasteiger partial charge in [-0.15, -0.1) is 0 Å². The van der Waals surface area contributed by atoms with Crippen LogP contribution in [0.4, 0.5) is 11.5 Å². The van der Waals surface area contributed by atoms with Crippen molar-refractivity contribution in [3.05, 3.63) is 5.15 Å². The summed E-state index contributed by atoms with van der Waals surface area (Å²) in [6.07, 6.45) is 0.788. The summed E-state index contributed by atoms with van der Waals surface area (Å²) >= 11 is 7.70. The molecule has 0 bridgehead atoms. The number of hydrogen-bond acceptors (Lipinski definition) is 9. The third kappa shape index (κ3) is 4.18. The van der Waals surface area contributed by atoms with Gasteiger partial charge in [0.15, 0.2) is 21.9 Å². The van der Waals surface area contributed by atoms with Crippen LogP contribution in [0.1, 0.15) is 33.6 Å². The third-order valence-electron chi connectivity index (χ3n) is 4.34. The standard InChI is InChI=1S/C16H25ClN4O4S/c1-4-5-26-15-20-13(17)10(18)14(21-15)19-8-6-9(23-7-22)12-11(8)24-16(2,3)25-12/h8-9,11-12,22H,4-7,18H2,1-3H3,(H,19,20,21)/t8-,9+,11?,12?/m1/s1. The molecule has 1 aromatic heterocycles. The second-order valence-corrected chi connectivity index (χ2v) is 8.21. The van der Waals surface area contributed by atoms with Gasteiger partial charge in [-0.2, -0.15) is 0 Å². The summed E-state index contributed by atoms with van der Waals surface area (Å²) in [6, 6.07) is -0.143. The Balaban J connectivity index is 1.80. The molecular weight excluding hydrogens is 380 g/mol. The molecule has 0 radical (unpaired) electrons. The number of hydrogen-bond donors (Lipinski definition) is 3. The number of thioether (sulfide) groups is 1. The lowest BCUT2D eigenvalue weighted by Gasteiger charge is -2.24. The molecule has 1 aliphatic carbocycles. The molecule has 10 heteroatoms. The Morgan fingerprint density at radius 2 is 2.12 bits per heavy atom. The summed E-state index contributed by atoms with van der Waals surface area (Å²) in [7, 11) is 0. The lowest BCUT2D eigenvalue weighted by Crippen LogP contribution is -2.35. The highest BCUT2D eigenvalue weighted by Gasteiger charge is 2.54. The lowest BCUT2D eigenvalue weighted by atomic mass is 10.2. The van der Waals surface area contributed by atoms with Gasteiger partial charge in [0, 0.05) is 5.75 Å². The maximum absolute atomic E-state index is 9.15. The summed E-state index contributed by atoms with van der Waals surface area (Å²) < 4.78 is 17.4. The van der Waals surface area contributed by atoms with Crippen molar-refractivity contribution >= 4 is 34.9 Å². The predicted molar refractivity (Wildman–Crippen MR) is 100 cm³/mol. The highest BCUT2D eigenvalue weighted by atomic mass is 35.5. The van der Waals surface area contributed by atoms with Crippen molar-refractivity contribution in [2.45, 2.75) is 68.9 Å². The van der Waals surface area contributed by atoms with Gasteiger partial charge in [-0.05, 0) is 26.7 Å². The van der Waals surface area contributed by atoms with E-state index < -0.39 is 5.79 Å². The maximum Gasteiger partial charge on any atom is 0.191 e. The van der Waals surface area contributed by atoms with Crippen LogP contribution in [-0.2, 0) is 14.2 Å². The quantitative estimate of drug-likeness (QED) is 0.272. The van der Waals surface area contributed by atoms with E-state index in [1.165, 1.54) is 11.8 Å². The van der Waals surface area contributed by atoms with E-state index in [2.05, 4.69) is 22.2 Å². The van der Waals surface area contributed by atoms with E-state index in [0.717, 1.165) is 12.2 Å². The molecule has 1 aromatic rings. The lowest BCUT2D eigenvalue weighted by molar-refractivity contribution is -0.174. The molecule has 2 aliphatic rings. The predicted octanol–water partition coefficient (Wildman–Crippen LogP) is 2.25. The molecule has 2 fully saturated rings. The highest BCUT2D eigenvalue weighted by molar-refractivity contribution is 7.99. The summed E-state index contributed by atoms with van der Waals surface area (Å²) in [4.78, 5) is 8.72. The zero-order valence-corrected chi connectivity index (χ0v) is 16.6. The van der Waals surface area contributed by atoms with Gasteiger partial charge >= 0.3 is 0 Å². The Morgan fingerprint density at radius 3 is 2.81 bits per heavy atom. The Kier molecular flexibility index (Phi) is 6.15. The van der Waals surface area contributed by atoms with Crippen molar-refractivity contribution in [1.29, 1.82) is 0 Å². The molecule has 8 nitrogen and oxygen atoms in total. The zero-order chi connectivity index (χ0) is 18.9. The average molecular weight is 405 g/mol. The molecule has 1 saturated carbocycles. The van der Waals surface area contributed by atoms with E-state index >= 15 is 0 Å². The van der Waals surface area contributed by atoms with Crippen LogP contribution in [0.5, 0.6) is 0 Å². The molecule has 146 valence electrons. The van der Waals surface area contributed by atoms with Crippen molar-refractivity contribution in [2.24, 2.45) is 0 Å². The number of rotatable bonds is 7. The zero-order valence-electron chi connectivity index (χ0n) is 15.1. The molecule has 3 rings (SSSR count). The van der Waals surface area contributed by atoms with Gasteiger partial charge in [0.05, 0.1) is 12.1 Å². The monoisotopic (exact) mass is 404 g/mol. The molecule has 2 unspecified atom stereocenters. The van der Waals surface area contributed by atoms with E-state index in [1.807, 2.05) is 13.8 Å². The van der Waals surface area contributed by atoms with Crippen molar-refractivity contribution in [3.8, 4) is 0 Å². The van der Waals surface area contributed by atoms with Crippen LogP contribution in [0.15, 0.2) is 5.16 Å². The fraction of sp³-hybridized carbons (Fsp3) is 0.750. The fourth-order valence-electron chi connectivity index (χ4n) is 3.30. The summed E-state index contributed by atoms with van der Waals surface area (Å²) in [5, 5.41) is 13.3. The minimum absolute atomic E-state index is 0.143. The Morgan fingerprint density at radius 1 is 1.38 bits per heavy atom. The summed E-state index contributed by atoms with van der Waals surface area (Å²) in [5.74, 6) is 0.653. The number of aliphatic hydroxyl groups excluding tert-OH is 1. The number of nitrogen functional groups attached to an aromatic ring is 1. The van der Waals surface area contributed by atoms with Crippen LogP contribution >= 0.6 is 23.4 Å². The molecule has 0 amide bonds. The van der Waals surface area contributed by atoms with Gasteiger partial charge in [0.25, 0.3) is 0 Å². The molecular formula is C16H25ClN4O4S. The smallest absolute Gasteiger partial charge is 0.191 e. The number of aromatic nitrogens is 2. The number of fused-ring (bicyclic) bond motifs is 1. The largest absolute Gasteiger partial charge is 0.393 e. The first-order valence-electron chi connectivity index (χ1n) is 8.65. The minimum Gasteiger partial charge on any atom is -0.393 e. The Bertz CT molecular complexity index is 651. The Labute approximate surface area is 162 Å². The molecule has 0 aromatic carbocycles. The second-order valence-electron chi connectivity index (χ2n) is 6.79. The summed E-state index contributed by atoms with van der Waals surface area (Å²) in [5.41, 5.74) is 6.37. The van der Waals surface area contributed by atoms with Gasteiger partial charge in [0.1, 0.15) is 24.7 Å². The summed E-state index contributed by atoms with van der Waals surface area (Å²) in [6.45, 7) is 5.43. The van der Waals surface area contributed by atoms with Crippen molar-refractivity contribution < 1.29 is 19.3 Å². The minimum atomic E-state index is -0.719. The van der Waals surface area contributed by atoms with Crippen molar-refractivity contribution in [3.63, 3.8) is 0 Å².